The molecular weight excluding hydrogens is 280 g/mol. The van der Waals surface area contributed by atoms with Gasteiger partial charge in [-0.05, 0) is 50.1 Å². The molecule has 5 heteroatoms. The third kappa shape index (κ3) is 5.66. The minimum absolute atomic E-state index is 0.0971. The molecule has 1 atom stereocenters. The predicted molar refractivity (Wildman–Crippen MR) is 87.1 cm³/mol. The fraction of sp³-hybridized carbons (Fsp3) is 0.588. The largest absolute Gasteiger partial charge is 0.491 e. The Kier molecular flexibility index (Phi) is 6.21. The van der Waals surface area contributed by atoms with Crippen molar-refractivity contribution in [2.45, 2.75) is 45.3 Å². The number of rotatable bonds is 9. The molecule has 1 aromatic carbocycles. The third-order valence-corrected chi connectivity index (χ3v) is 3.64. The summed E-state index contributed by atoms with van der Waals surface area (Å²) in [5.41, 5.74) is 0.739. The van der Waals surface area contributed by atoms with Gasteiger partial charge in [0.25, 0.3) is 0 Å². The molecule has 0 heterocycles. The van der Waals surface area contributed by atoms with Crippen LogP contribution in [0.4, 0.5) is 5.69 Å². The lowest BCUT2D eigenvalue weighted by molar-refractivity contribution is -0.114. The van der Waals surface area contributed by atoms with Crippen LogP contribution in [0.15, 0.2) is 24.3 Å². The van der Waals surface area contributed by atoms with Gasteiger partial charge in [0.05, 0.1) is 0 Å². The lowest BCUT2D eigenvalue weighted by Gasteiger charge is -2.24. The van der Waals surface area contributed by atoms with Crippen LogP contribution < -0.4 is 10.1 Å². The number of amides is 1. The molecule has 1 fully saturated rings. The second kappa shape index (κ2) is 8.15. The van der Waals surface area contributed by atoms with E-state index in [1.165, 1.54) is 19.8 Å². The lowest BCUT2D eigenvalue weighted by Crippen LogP contribution is -2.37. The maximum Gasteiger partial charge on any atom is 0.221 e. The highest BCUT2D eigenvalue weighted by Crippen LogP contribution is 2.27. The van der Waals surface area contributed by atoms with Crippen molar-refractivity contribution < 1.29 is 14.6 Å². The van der Waals surface area contributed by atoms with E-state index in [0.29, 0.717) is 18.3 Å². The van der Waals surface area contributed by atoms with Gasteiger partial charge >= 0.3 is 0 Å². The van der Waals surface area contributed by atoms with E-state index in [9.17, 15) is 9.90 Å². The number of aliphatic hydroxyl groups is 1. The zero-order valence-corrected chi connectivity index (χ0v) is 13.4. The van der Waals surface area contributed by atoms with Crippen molar-refractivity contribution >= 4 is 11.6 Å². The number of carbonyl (C=O) groups excluding carboxylic acids is 1. The van der Waals surface area contributed by atoms with Gasteiger partial charge < -0.3 is 15.2 Å². The molecule has 0 radical (unpaired) electrons. The molecule has 1 amide bonds. The van der Waals surface area contributed by atoms with Crippen LogP contribution in [0.1, 0.15) is 33.1 Å². The van der Waals surface area contributed by atoms with E-state index < -0.39 is 6.10 Å². The average molecular weight is 306 g/mol. The van der Waals surface area contributed by atoms with Gasteiger partial charge in [-0.2, -0.15) is 0 Å². The first-order chi connectivity index (χ1) is 10.6. The molecule has 22 heavy (non-hydrogen) atoms. The second-order valence-corrected chi connectivity index (χ2v) is 5.90. The van der Waals surface area contributed by atoms with E-state index in [1.54, 1.807) is 24.3 Å². The van der Waals surface area contributed by atoms with Gasteiger partial charge in [0.2, 0.25) is 5.91 Å². The molecule has 5 nitrogen and oxygen atoms in total. The molecule has 1 aliphatic carbocycles. The molecule has 1 aliphatic rings. The van der Waals surface area contributed by atoms with Crippen LogP contribution in [0.2, 0.25) is 0 Å². The number of hydrogen-bond acceptors (Lipinski definition) is 4. The molecule has 122 valence electrons. The number of anilines is 1. The number of ether oxygens (including phenoxy) is 1. The first-order valence-electron chi connectivity index (χ1n) is 8.01. The number of nitrogens with zero attached hydrogens (tertiary/aromatic N) is 1. The Morgan fingerprint density at radius 1 is 1.41 bits per heavy atom. The SMILES string of the molecule is CCCN(CC(O)COc1ccc(NC(C)=O)cc1)C1CC1. The summed E-state index contributed by atoms with van der Waals surface area (Å²) in [7, 11) is 0. The number of nitrogens with one attached hydrogen (secondary N) is 1. The highest BCUT2D eigenvalue weighted by molar-refractivity contribution is 5.88. The van der Waals surface area contributed by atoms with E-state index in [0.717, 1.165) is 18.7 Å². The Balaban J connectivity index is 1.75. The maximum absolute atomic E-state index is 10.9. The number of benzene rings is 1. The Hall–Kier alpha value is -1.59. The Morgan fingerprint density at radius 2 is 2.09 bits per heavy atom. The summed E-state index contributed by atoms with van der Waals surface area (Å²) in [5.74, 6) is 0.599. The van der Waals surface area contributed by atoms with E-state index in [4.69, 9.17) is 4.74 Å². The highest BCUT2D eigenvalue weighted by atomic mass is 16.5. The van der Waals surface area contributed by atoms with Gasteiger partial charge in [-0.3, -0.25) is 9.69 Å². The fourth-order valence-electron chi connectivity index (χ4n) is 2.50. The molecule has 1 aromatic rings. The van der Waals surface area contributed by atoms with Crippen LogP contribution in [0.3, 0.4) is 0 Å². The van der Waals surface area contributed by atoms with E-state index in [-0.39, 0.29) is 12.5 Å². The van der Waals surface area contributed by atoms with Crippen LogP contribution in [0, 0.1) is 0 Å². The van der Waals surface area contributed by atoms with Gasteiger partial charge in [0.1, 0.15) is 18.5 Å². The summed E-state index contributed by atoms with van der Waals surface area (Å²) in [6.07, 6.45) is 3.12. The van der Waals surface area contributed by atoms with E-state index in [2.05, 4.69) is 17.1 Å². The van der Waals surface area contributed by atoms with Crippen molar-refractivity contribution in [1.29, 1.82) is 0 Å². The van der Waals surface area contributed by atoms with Crippen LogP contribution in [0.25, 0.3) is 0 Å². The molecule has 0 aromatic heterocycles. The maximum atomic E-state index is 10.9. The van der Waals surface area contributed by atoms with Crippen LogP contribution >= 0.6 is 0 Å². The molecule has 2 N–H and O–H groups in total. The molecule has 0 aliphatic heterocycles. The van der Waals surface area contributed by atoms with Crippen LogP contribution in [0.5, 0.6) is 5.75 Å². The van der Waals surface area contributed by atoms with Crippen molar-refractivity contribution in [3.63, 3.8) is 0 Å². The summed E-state index contributed by atoms with van der Waals surface area (Å²) >= 11 is 0. The van der Waals surface area contributed by atoms with Gasteiger partial charge in [0, 0.05) is 25.2 Å². The molecular formula is C17H26N2O3. The van der Waals surface area contributed by atoms with Crippen molar-refractivity contribution in [2.24, 2.45) is 0 Å². The molecule has 0 bridgehead atoms. The smallest absolute Gasteiger partial charge is 0.221 e. The fourth-order valence-corrected chi connectivity index (χ4v) is 2.50. The molecule has 1 saturated carbocycles. The summed E-state index contributed by atoms with van der Waals surface area (Å²) in [5, 5.41) is 12.8. The van der Waals surface area contributed by atoms with Gasteiger partial charge in [0.15, 0.2) is 0 Å². The monoisotopic (exact) mass is 306 g/mol. The van der Waals surface area contributed by atoms with Crippen LogP contribution in [-0.2, 0) is 4.79 Å². The summed E-state index contributed by atoms with van der Waals surface area (Å²) < 4.78 is 5.62. The van der Waals surface area contributed by atoms with Crippen molar-refractivity contribution in [2.75, 3.05) is 25.0 Å². The van der Waals surface area contributed by atoms with Crippen molar-refractivity contribution in [3.8, 4) is 5.75 Å². The van der Waals surface area contributed by atoms with Gasteiger partial charge in [-0.25, -0.2) is 0 Å². The van der Waals surface area contributed by atoms with E-state index in [1.807, 2.05) is 0 Å². The number of hydrogen-bond donors (Lipinski definition) is 2. The zero-order valence-electron chi connectivity index (χ0n) is 13.4. The topological polar surface area (TPSA) is 61.8 Å². The number of aliphatic hydroxyl groups excluding tert-OH is 1. The minimum atomic E-state index is -0.484. The highest BCUT2D eigenvalue weighted by Gasteiger charge is 2.29. The lowest BCUT2D eigenvalue weighted by atomic mass is 10.3. The third-order valence-electron chi connectivity index (χ3n) is 3.64. The van der Waals surface area contributed by atoms with Crippen molar-refractivity contribution in [1.82, 2.24) is 4.90 Å². The first kappa shape index (κ1) is 16.8. The Bertz CT molecular complexity index is 471. The van der Waals surface area contributed by atoms with E-state index >= 15 is 0 Å². The number of carbonyl (C=O) groups is 1. The Morgan fingerprint density at radius 3 is 2.64 bits per heavy atom. The van der Waals surface area contributed by atoms with Gasteiger partial charge in [-0.15, -0.1) is 0 Å². The standard InChI is InChI=1S/C17H26N2O3/c1-3-10-19(15-6-7-15)11-16(21)12-22-17-8-4-14(5-9-17)18-13(2)20/h4-5,8-9,15-16,21H,3,6-7,10-12H2,1-2H3,(H,18,20). The second-order valence-electron chi connectivity index (χ2n) is 5.90. The van der Waals surface area contributed by atoms with Crippen molar-refractivity contribution in [3.05, 3.63) is 24.3 Å². The molecule has 0 saturated heterocycles. The summed E-state index contributed by atoms with van der Waals surface area (Å²) in [6.45, 7) is 5.62. The first-order valence-corrected chi connectivity index (χ1v) is 8.01. The summed E-state index contributed by atoms with van der Waals surface area (Å²) in [4.78, 5) is 13.3. The molecule has 1 unspecified atom stereocenters. The predicted octanol–water partition coefficient (Wildman–Crippen LogP) is 2.26. The quantitative estimate of drug-likeness (QED) is 0.734. The molecule has 2 rings (SSSR count). The minimum Gasteiger partial charge on any atom is -0.491 e. The zero-order chi connectivity index (χ0) is 15.9. The summed E-state index contributed by atoms with van der Waals surface area (Å²) in [6, 6.07) is 7.82. The molecule has 0 spiro atoms. The van der Waals surface area contributed by atoms with Crippen LogP contribution in [-0.4, -0.2) is 47.8 Å². The average Bonchev–Trinajstić information content (AvgIpc) is 3.30. The van der Waals surface area contributed by atoms with Gasteiger partial charge in [-0.1, -0.05) is 6.92 Å². The normalized spacial score (nSPS) is 15.6. The Labute approximate surface area is 132 Å².